The second-order valence-electron chi connectivity index (χ2n) is 7.20. The van der Waals surface area contributed by atoms with Gasteiger partial charge in [-0.25, -0.2) is 13.1 Å². The Labute approximate surface area is 140 Å². The Balaban J connectivity index is 2.11. The first kappa shape index (κ1) is 18.4. The molecule has 1 fully saturated rings. The van der Waals surface area contributed by atoms with Crippen molar-refractivity contribution in [3.8, 4) is 0 Å². The van der Waals surface area contributed by atoms with E-state index in [4.69, 9.17) is 0 Å². The van der Waals surface area contributed by atoms with Gasteiger partial charge in [0, 0.05) is 19.6 Å². The fourth-order valence-corrected chi connectivity index (χ4v) is 4.86. The summed E-state index contributed by atoms with van der Waals surface area (Å²) in [6.07, 6.45) is 2.21. The van der Waals surface area contributed by atoms with Crippen molar-refractivity contribution < 1.29 is 8.42 Å². The lowest BCUT2D eigenvalue weighted by Crippen LogP contribution is -2.39. The number of likely N-dealkylation sites (tertiary alicyclic amines) is 1. The maximum absolute atomic E-state index is 12.7. The fourth-order valence-electron chi connectivity index (χ4n) is 3.33. The summed E-state index contributed by atoms with van der Waals surface area (Å²) in [5.41, 5.74) is 1.31. The highest BCUT2D eigenvalue weighted by molar-refractivity contribution is 7.89. The van der Waals surface area contributed by atoms with Crippen LogP contribution in [0.4, 0.5) is 0 Å². The van der Waals surface area contributed by atoms with Crippen LogP contribution < -0.4 is 4.72 Å². The minimum Gasteiger partial charge on any atom is -0.306 e. The van der Waals surface area contributed by atoms with Gasteiger partial charge in [0.2, 0.25) is 10.0 Å². The van der Waals surface area contributed by atoms with Crippen LogP contribution in [-0.4, -0.2) is 49.8 Å². The molecule has 1 aliphatic rings. The Kier molecular flexibility index (Phi) is 5.86. The van der Waals surface area contributed by atoms with Gasteiger partial charge in [-0.3, -0.25) is 4.68 Å². The zero-order chi connectivity index (χ0) is 17.2. The molecule has 2 heterocycles. The van der Waals surface area contributed by atoms with Gasteiger partial charge < -0.3 is 4.90 Å². The average molecular weight is 343 g/mol. The van der Waals surface area contributed by atoms with Crippen LogP contribution in [0.25, 0.3) is 0 Å². The third-order valence-corrected chi connectivity index (χ3v) is 6.08. The standard InChI is InChI=1S/C16H30N4O2S/c1-12(2)10-20-14(4)16(13(3)18-20)23(21,22)17-9-15-7-6-8-19(5)11-15/h12,15,17H,6-11H2,1-5H3. The third-order valence-electron chi connectivity index (χ3n) is 4.41. The van der Waals surface area contributed by atoms with Crippen molar-refractivity contribution in [2.75, 3.05) is 26.7 Å². The normalized spacial score (nSPS) is 20.3. The van der Waals surface area contributed by atoms with E-state index >= 15 is 0 Å². The molecule has 0 radical (unpaired) electrons. The van der Waals surface area contributed by atoms with E-state index in [1.807, 2.05) is 11.6 Å². The largest absolute Gasteiger partial charge is 0.306 e. The Morgan fingerprint density at radius 2 is 2.04 bits per heavy atom. The summed E-state index contributed by atoms with van der Waals surface area (Å²) >= 11 is 0. The summed E-state index contributed by atoms with van der Waals surface area (Å²) in [6, 6.07) is 0. The molecule has 1 aromatic rings. The van der Waals surface area contributed by atoms with Gasteiger partial charge in [-0.15, -0.1) is 0 Å². The molecule has 1 aromatic heterocycles. The summed E-state index contributed by atoms with van der Waals surface area (Å²) in [4.78, 5) is 2.61. The van der Waals surface area contributed by atoms with Crippen molar-refractivity contribution in [2.45, 2.75) is 52.0 Å². The van der Waals surface area contributed by atoms with Crippen LogP contribution in [0, 0.1) is 25.7 Å². The molecule has 0 saturated carbocycles. The minimum absolute atomic E-state index is 0.349. The number of piperidine rings is 1. The zero-order valence-corrected chi connectivity index (χ0v) is 15.8. The molecule has 1 saturated heterocycles. The molecule has 132 valence electrons. The summed E-state index contributed by atoms with van der Waals surface area (Å²) in [5, 5.41) is 4.41. The number of aryl methyl sites for hydroxylation is 1. The van der Waals surface area contributed by atoms with Crippen molar-refractivity contribution in [1.82, 2.24) is 19.4 Å². The number of sulfonamides is 1. The van der Waals surface area contributed by atoms with Crippen LogP contribution in [-0.2, 0) is 16.6 Å². The van der Waals surface area contributed by atoms with Gasteiger partial charge in [0.1, 0.15) is 4.90 Å². The van der Waals surface area contributed by atoms with E-state index in [0.29, 0.717) is 29.0 Å². The van der Waals surface area contributed by atoms with E-state index in [0.717, 1.165) is 38.2 Å². The van der Waals surface area contributed by atoms with Crippen LogP contribution in [0.3, 0.4) is 0 Å². The first-order valence-corrected chi connectivity index (χ1v) is 9.91. The van der Waals surface area contributed by atoms with Gasteiger partial charge in [-0.1, -0.05) is 13.8 Å². The lowest BCUT2D eigenvalue weighted by atomic mass is 9.99. The van der Waals surface area contributed by atoms with Crippen molar-refractivity contribution in [2.24, 2.45) is 11.8 Å². The van der Waals surface area contributed by atoms with Gasteiger partial charge in [0.15, 0.2) is 0 Å². The smallest absolute Gasteiger partial charge is 0.244 e. The Morgan fingerprint density at radius 1 is 1.35 bits per heavy atom. The number of nitrogens with zero attached hydrogens (tertiary/aromatic N) is 3. The third kappa shape index (κ3) is 4.55. The van der Waals surface area contributed by atoms with Crippen molar-refractivity contribution >= 4 is 10.0 Å². The number of hydrogen-bond donors (Lipinski definition) is 1. The Morgan fingerprint density at radius 3 is 2.65 bits per heavy atom. The van der Waals surface area contributed by atoms with Crippen molar-refractivity contribution in [3.05, 3.63) is 11.4 Å². The lowest BCUT2D eigenvalue weighted by Gasteiger charge is -2.29. The Bertz CT molecular complexity index is 637. The van der Waals surface area contributed by atoms with Crippen LogP contribution in [0.5, 0.6) is 0 Å². The molecule has 0 amide bonds. The number of rotatable bonds is 6. The molecule has 1 N–H and O–H groups in total. The molecule has 6 nitrogen and oxygen atoms in total. The van der Waals surface area contributed by atoms with E-state index in [1.54, 1.807) is 6.92 Å². The van der Waals surface area contributed by atoms with Gasteiger partial charge in [-0.2, -0.15) is 5.10 Å². The first-order chi connectivity index (χ1) is 10.7. The van der Waals surface area contributed by atoms with E-state index < -0.39 is 10.0 Å². The molecule has 0 aromatic carbocycles. The van der Waals surface area contributed by atoms with Crippen molar-refractivity contribution in [3.63, 3.8) is 0 Å². The summed E-state index contributed by atoms with van der Waals surface area (Å²) < 4.78 is 30.1. The van der Waals surface area contributed by atoms with Crippen LogP contribution in [0.15, 0.2) is 4.90 Å². The van der Waals surface area contributed by atoms with E-state index in [-0.39, 0.29) is 0 Å². The highest BCUT2D eigenvalue weighted by Crippen LogP contribution is 2.21. The molecular weight excluding hydrogens is 312 g/mol. The molecule has 0 bridgehead atoms. The topological polar surface area (TPSA) is 67.2 Å². The molecule has 0 spiro atoms. The minimum atomic E-state index is -3.51. The highest BCUT2D eigenvalue weighted by Gasteiger charge is 2.26. The quantitative estimate of drug-likeness (QED) is 0.856. The summed E-state index contributed by atoms with van der Waals surface area (Å²) in [6.45, 7) is 11.1. The molecule has 1 unspecified atom stereocenters. The molecular formula is C16H30N4O2S. The predicted octanol–water partition coefficient (Wildman–Crippen LogP) is 1.78. The number of hydrogen-bond acceptors (Lipinski definition) is 4. The van der Waals surface area contributed by atoms with Gasteiger partial charge >= 0.3 is 0 Å². The van der Waals surface area contributed by atoms with Crippen LogP contribution in [0.1, 0.15) is 38.1 Å². The molecule has 2 rings (SSSR count). The van der Waals surface area contributed by atoms with E-state index in [9.17, 15) is 8.42 Å². The molecule has 1 atom stereocenters. The maximum Gasteiger partial charge on any atom is 0.244 e. The monoisotopic (exact) mass is 342 g/mol. The molecule has 7 heteroatoms. The SMILES string of the molecule is Cc1nn(CC(C)C)c(C)c1S(=O)(=O)NCC1CCCN(C)C1. The van der Waals surface area contributed by atoms with Gasteiger partial charge in [-0.05, 0) is 52.1 Å². The first-order valence-electron chi connectivity index (χ1n) is 8.43. The van der Waals surface area contributed by atoms with Crippen LogP contribution >= 0.6 is 0 Å². The summed E-state index contributed by atoms with van der Waals surface area (Å²) in [7, 11) is -1.42. The highest BCUT2D eigenvalue weighted by atomic mass is 32.2. The predicted molar refractivity (Wildman–Crippen MR) is 91.9 cm³/mol. The molecule has 1 aliphatic heterocycles. The van der Waals surface area contributed by atoms with Crippen LogP contribution in [0.2, 0.25) is 0 Å². The number of aromatic nitrogens is 2. The van der Waals surface area contributed by atoms with E-state index in [1.165, 1.54) is 0 Å². The fraction of sp³-hybridized carbons (Fsp3) is 0.812. The van der Waals surface area contributed by atoms with Crippen molar-refractivity contribution in [1.29, 1.82) is 0 Å². The summed E-state index contributed by atoms with van der Waals surface area (Å²) in [5.74, 6) is 0.809. The van der Waals surface area contributed by atoms with E-state index in [2.05, 4.69) is 35.6 Å². The van der Waals surface area contributed by atoms with Gasteiger partial charge in [0.25, 0.3) is 0 Å². The molecule has 23 heavy (non-hydrogen) atoms. The second kappa shape index (κ2) is 7.32. The average Bonchev–Trinajstić information content (AvgIpc) is 2.71. The molecule has 0 aliphatic carbocycles. The number of nitrogens with one attached hydrogen (secondary N) is 1. The Hall–Kier alpha value is -0.920. The lowest BCUT2D eigenvalue weighted by molar-refractivity contribution is 0.211. The van der Waals surface area contributed by atoms with Gasteiger partial charge in [0.05, 0.1) is 11.4 Å². The second-order valence-corrected chi connectivity index (χ2v) is 8.90. The maximum atomic E-state index is 12.7. The zero-order valence-electron chi connectivity index (χ0n) is 15.0.